The van der Waals surface area contributed by atoms with Crippen molar-refractivity contribution >= 4 is 83.2 Å². The Kier molecular flexibility index (Phi) is 17.3. The van der Waals surface area contributed by atoms with Crippen LogP contribution in [0.15, 0.2) is 30.3 Å². The first-order valence-corrected chi connectivity index (χ1v) is 11.9. The topological polar surface area (TPSA) is 27.7 Å². The lowest BCUT2D eigenvalue weighted by atomic mass is 10.2. The van der Waals surface area contributed by atoms with Crippen LogP contribution in [-0.4, -0.2) is 33.0 Å². The summed E-state index contributed by atoms with van der Waals surface area (Å²) in [4.78, 5) is 0. The van der Waals surface area contributed by atoms with Gasteiger partial charge in [0.1, 0.15) is 0 Å². The van der Waals surface area contributed by atoms with E-state index in [0.717, 1.165) is 5.75 Å². The monoisotopic (exact) mass is 454 g/mol. The fourth-order valence-corrected chi connectivity index (χ4v) is 4.21. The maximum atomic E-state index is 5.16. The van der Waals surface area contributed by atoms with E-state index in [9.17, 15) is 0 Å². The zero-order valence-corrected chi connectivity index (χ0v) is 19.3. The van der Waals surface area contributed by atoms with E-state index in [0.29, 0.717) is 33.0 Å². The predicted molar refractivity (Wildman–Crippen MR) is 126 cm³/mol. The molecule has 1 rings (SSSR count). The normalized spacial score (nSPS) is 9.40. The van der Waals surface area contributed by atoms with Crippen LogP contribution in [0.5, 0.6) is 0 Å². The van der Waals surface area contributed by atoms with Crippen LogP contribution in [0.25, 0.3) is 0 Å². The molecule has 0 bridgehead atoms. The summed E-state index contributed by atoms with van der Waals surface area (Å²) in [5.41, 5.74) is 1.27. The van der Waals surface area contributed by atoms with Crippen molar-refractivity contribution in [3.8, 4) is 0 Å². The van der Waals surface area contributed by atoms with Crippen molar-refractivity contribution < 1.29 is 14.2 Å². The van der Waals surface area contributed by atoms with Gasteiger partial charge in [0.25, 0.3) is 0 Å². The molecule has 0 heterocycles. The van der Waals surface area contributed by atoms with Crippen LogP contribution in [0.1, 0.15) is 26.3 Å². The van der Waals surface area contributed by atoms with Crippen LogP contribution in [0, 0.1) is 0 Å². The molecule has 0 radical (unpaired) electrons. The molecule has 0 saturated carbocycles. The van der Waals surface area contributed by atoms with E-state index < -0.39 is 0 Å². The van der Waals surface area contributed by atoms with E-state index in [1.165, 1.54) is 27.2 Å². The minimum Gasteiger partial charge on any atom is -0.479 e. The zero-order valence-electron chi connectivity index (χ0n) is 14.4. The molecule has 9 heteroatoms. The van der Waals surface area contributed by atoms with Crippen LogP contribution in [0.3, 0.4) is 0 Å². The Balaban J connectivity index is 0.000000463. The number of benzene rings is 1. The van der Waals surface area contributed by atoms with Gasteiger partial charge in [-0.1, -0.05) is 42.1 Å². The third-order valence-electron chi connectivity index (χ3n) is 2.16. The highest BCUT2D eigenvalue weighted by atomic mass is 33.1. The Hall–Kier alpha value is -0.0600. The Morgan fingerprint density at radius 2 is 1.20 bits per heavy atom. The van der Waals surface area contributed by atoms with E-state index in [1.54, 1.807) is 11.8 Å². The van der Waals surface area contributed by atoms with Gasteiger partial charge < -0.3 is 14.2 Å². The van der Waals surface area contributed by atoms with Crippen molar-refractivity contribution in [1.82, 2.24) is 0 Å². The lowest BCUT2D eigenvalue weighted by Gasteiger charge is -2.04. The summed E-state index contributed by atoms with van der Waals surface area (Å²) in [6.07, 6.45) is 0. The van der Waals surface area contributed by atoms with Crippen LogP contribution in [-0.2, 0) is 20.0 Å². The minimum absolute atomic E-state index is 0.490. The molecule has 3 nitrogen and oxygen atoms in total. The number of thioether (sulfide) groups is 1. The molecule has 0 unspecified atom stereocenters. The summed E-state index contributed by atoms with van der Waals surface area (Å²) in [7, 11) is 2.62. The molecule has 0 amide bonds. The van der Waals surface area contributed by atoms with E-state index in [4.69, 9.17) is 50.9 Å². The Morgan fingerprint density at radius 1 is 0.760 bits per heavy atom. The first-order valence-electron chi connectivity index (χ1n) is 7.54. The number of thiocarbonyl (C=S) groups is 3. The van der Waals surface area contributed by atoms with Gasteiger partial charge in [-0.05, 0) is 63.0 Å². The first-order chi connectivity index (χ1) is 12.0. The quantitative estimate of drug-likeness (QED) is 0.378. The number of hydrogen-bond donors (Lipinski definition) is 0. The molecule has 0 aromatic heterocycles. The van der Waals surface area contributed by atoms with Crippen molar-refractivity contribution in [3.05, 3.63) is 35.9 Å². The molecular weight excluding hydrogens is 433 g/mol. The third-order valence-corrected chi connectivity index (χ3v) is 6.58. The van der Waals surface area contributed by atoms with Crippen molar-refractivity contribution in [1.29, 1.82) is 0 Å². The van der Waals surface area contributed by atoms with Gasteiger partial charge in [-0.2, -0.15) is 0 Å². The molecule has 1 aromatic rings. The largest absolute Gasteiger partial charge is 0.479 e. The third kappa shape index (κ3) is 15.9. The van der Waals surface area contributed by atoms with Crippen molar-refractivity contribution in [2.45, 2.75) is 26.5 Å². The van der Waals surface area contributed by atoms with Crippen molar-refractivity contribution in [2.24, 2.45) is 0 Å². The maximum absolute atomic E-state index is 5.16. The molecule has 0 N–H and O–H groups in total. The molecule has 0 atom stereocenters. The van der Waals surface area contributed by atoms with Crippen molar-refractivity contribution in [3.63, 3.8) is 0 Å². The van der Waals surface area contributed by atoms with Gasteiger partial charge in [-0.3, -0.25) is 0 Å². The first kappa shape index (κ1) is 24.9. The SMILES string of the molecule is CCOC(=S)SCc1ccccc1.CCOC(=S)SSC(=S)OCC. The Bertz CT molecular complexity index is 492. The van der Waals surface area contributed by atoms with E-state index in [1.807, 2.05) is 39.0 Å². The van der Waals surface area contributed by atoms with Crippen LogP contribution in [0.2, 0.25) is 0 Å². The lowest BCUT2D eigenvalue weighted by molar-refractivity contribution is 0.345. The molecular formula is C16H22O3S6. The number of ether oxygens (including phenoxy) is 3. The fourth-order valence-electron chi connectivity index (χ4n) is 1.23. The summed E-state index contributed by atoms with van der Waals surface area (Å²) in [6.45, 7) is 7.55. The second-order valence-electron chi connectivity index (χ2n) is 3.99. The molecule has 140 valence electrons. The van der Waals surface area contributed by atoms with E-state index in [2.05, 4.69) is 12.1 Å². The van der Waals surface area contributed by atoms with Gasteiger partial charge in [-0.25, -0.2) is 0 Å². The molecule has 0 aliphatic heterocycles. The highest BCUT2D eigenvalue weighted by molar-refractivity contribution is 8.89. The van der Waals surface area contributed by atoms with Gasteiger partial charge in [0.2, 0.25) is 13.1 Å². The minimum atomic E-state index is 0.490. The summed E-state index contributed by atoms with van der Waals surface area (Å²) in [5.74, 6) is 0.889. The van der Waals surface area contributed by atoms with Gasteiger partial charge in [0.05, 0.1) is 19.8 Å². The Morgan fingerprint density at radius 3 is 1.64 bits per heavy atom. The van der Waals surface area contributed by atoms with Crippen molar-refractivity contribution in [2.75, 3.05) is 19.8 Å². The molecule has 0 fully saturated rings. The van der Waals surface area contributed by atoms with E-state index >= 15 is 0 Å². The number of rotatable bonds is 5. The molecule has 0 saturated heterocycles. The fraction of sp³-hybridized carbons (Fsp3) is 0.438. The lowest BCUT2D eigenvalue weighted by Crippen LogP contribution is -1.97. The standard InChI is InChI=1S/C10H12OS2.C6H10O2S4/c1-2-11-10(12)13-8-9-6-4-3-5-7-9;1-3-7-5(9)11-12-6(10)8-4-2/h3-7H,2,8H2,1H3;3-4H2,1-2H3. The Labute approximate surface area is 178 Å². The molecule has 1 aromatic carbocycles. The highest BCUT2D eigenvalue weighted by Gasteiger charge is 2.02. The van der Waals surface area contributed by atoms with Gasteiger partial charge in [0, 0.05) is 27.3 Å². The average molecular weight is 455 g/mol. The average Bonchev–Trinajstić information content (AvgIpc) is 2.60. The number of hydrogen-bond acceptors (Lipinski definition) is 9. The summed E-state index contributed by atoms with van der Waals surface area (Å²) in [6, 6.07) is 10.2. The molecule has 0 aliphatic rings. The predicted octanol–water partition coefficient (Wildman–Crippen LogP) is 6.25. The molecule has 0 aliphatic carbocycles. The smallest absolute Gasteiger partial charge is 0.231 e. The highest BCUT2D eigenvalue weighted by Crippen LogP contribution is 2.25. The second kappa shape index (κ2) is 17.4. The summed E-state index contributed by atoms with van der Waals surface area (Å²) >= 11 is 16.3. The van der Waals surface area contributed by atoms with Gasteiger partial charge >= 0.3 is 0 Å². The molecule has 0 spiro atoms. The van der Waals surface area contributed by atoms with Crippen LogP contribution >= 0.6 is 70.0 Å². The maximum Gasteiger partial charge on any atom is 0.231 e. The zero-order chi connectivity index (χ0) is 18.9. The van der Waals surface area contributed by atoms with Crippen LogP contribution in [0.4, 0.5) is 0 Å². The summed E-state index contributed by atoms with van der Waals surface area (Å²) < 4.78 is 16.8. The van der Waals surface area contributed by atoms with Crippen LogP contribution < -0.4 is 0 Å². The van der Waals surface area contributed by atoms with E-state index in [-0.39, 0.29) is 0 Å². The summed E-state index contributed by atoms with van der Waals surface area (Å²) in [5, 5.41) is 0. The van der Waals surface area contributed by atoms with Gasteiger partial charge in [-0.15, -0.1) is 0 Å². The molecule has 25 heavy (non-hydrogen) atoms. The second-order valence-corrected chi connectivity index (χ2v) is 8.90. The van der Waals surface area contributed by atoms with Gasteiger partial charge in [0.15, 0.2) is 0 Å².